The summed E-state index contributed by atoms with van der Waals surface area (Å²) in [5, 5.41) is 8.34. The number of amides is 3. The Kier molecular flexibility index (Phi) is 13.2. The number of carbonyl (C=O) groups excluding carboxylic acids is 4. The minimum Gasteiger partial charge on any atom is -0.462 e. The quantitative estimate of drug-likeness (QED) is 0.0457. The number of nitrogens with one attached hydrogen (secondary N) is 3. The Morgan fingerprint density at radius 2 is 1.33 bits per heavy atom. The zero-order valence-electron chi connectivity index (χ0n) is 27.8. The lowest BCUT2D eigenvalue weighted by Gasteiger charge is -2.18. The molecule has 10 heteroatoms. The van der Waals surface area contributed by atoms with Crippen molar-refractivity contribution in [1.82, 2.24) is 5.32 Å². The van der Waals surface area contributed by atoms with Crippen LogP contribution in [0.15, 0.2) is 144 Å². The number of thioether (sulfide) groups is 1. The molecule has 258 valence electrons. The third kappa shape index (κ3) is 10.7. The van der Waals surface area contributed by atoms with E-state index < -0.39 is 23.0 Å². The number of rotatable bonds is 14. The number of hydrogen-bond acceptors (Lipinski definition) is 6. The molecular formula is C41H36ClN3O5S. The van der Waals surface area contributed by atoms with Crippen molar-refractivity contribution in [3.8, 4) is 0 Å². The van der Waals surface area contributed by atoms with Gasteiger partial charge in [0.2, 0.25) is 5.91 Å². The third-order valence-electron chi connectivity index (χ3n) is 7.56. The summed E-state index contributed by atoms with van der Waals surface area (Å²) in [5.41, 5.74) is 3.22. The average molecular weight is 718 g/mol. The standard InChI is InChI=1S/C41H36ClN3O5S/c1-2-3-26-50-41(49)30-18-20-32(21-19-30)44-40(48)37(28-12-6-4-7-13-28)51-34-24-22-33(23-25-34)43-39(47)36(27-31-16-10-11-17-35(31)42)45-38(46)29-14-8-5-9-15-29/h4-25,27,37H,2-3,26H2,1H3,(H,43,47)(H,44,48)(H,45,46)/b36-27-. The number of hydrogen-bond donors (Lipinski definition) is 3. The summed E-state index contributed by atoms with van der Waals surface area (Å²) in [5.74, 6) is -1.63. The minimum atomic E-state index is -0.608. The molecule has 1 atom stereocenters. The molecular weight excluding hydrogens is 682 g/mol. The molecule has 0 bridgehead atoms. The number of unbranched alkanes of at least 4 members (excludes halogenated alkanes) is 1. The maximum absolute atomic E-state index is 13.6. The highest BCUT2D eigenvalue weighted by atomic mass is 35.5. The number of ether oxygens (including phenoxy) is 1. The van der Waals surface area contributed by atoms with E-state index in [0.717, 1.165) is 23.3 Å². The number of benzene rings is 5. The first kappa shape index (κ1) is 36.6. The molecule has 0 saturated carbocycles. The Morgan fingerprint density at radius 3 is 2.00 bits per heavy atom. The van der Waals surface area contributed by atoms with Crippen LogP contribution >= 0.6 is 23.4 Å². The second-order valence-corrected chi connectivity index (χ2v) is 12.9. The SMILES string of the molecule is CCCCOC(=O)c1ccc(NC(=O)C(Sc2ccc(NC(=O)/C(=C/c3ccccc3Cl)NC(=O)c3ccccc3)cc2)c2ccccc2)cc1. The van der Waals surface area contributed by atoms with Crippen LogP contribution in [0.25, 0.3) is 6.08 Å². The zero-order valence-corrected chi connectivity index (χ0v) is 29.4. The van der Waals surface area contributed by atoms with Gasteiger partial charge in [0.25, 0.3) is 11.8 Å². The van der Waals surface area contributed by atoms with Crippen LogP contribution in [-0.4, -0.2) is 30.3 Å². The van der Waals surface area contributed by atoms with E-state index in [0.29, 0.717) is 39.7 Å². The van der Waals surface area contributed by atoms with Crippen LogP contribution in [0.3, 0.4) is 0 Å². The fraction of sp³-hybridized carbons (Fsp3) is 0.122. The van der Waals surface area contributed by atoms with Crippen LogP contribution in [0, 0.1) is 0 Å². The third-order valence-corrected chi connectivity index (χ3v) is 9.17. The Bertz CT molecular complexity index is 1990. The van der Waals surface area contributed by atoms with Gasteiger partial charge in [-0.25, -0.2) is 4.79 Å². The monoisotopic (exact) mass is 717 g/mol. The minimum absolute atomic E-state index is 0.0117. The lowest BCUT2D eigenvalue weighted by Crippen LogP contribution is -2.30. The number of halogens is 1. The zero-order chi connectivity index (χ0) is 36.0. The number of esters is 1. The summed E-state index contributed by atoms with van der Waals surface area (Å²) in [6, 6.07) is 38.7. The molecule has 0 radical (unpaired) electrons. The Labute approximate surface area is 306 Å². The maximum atomic E-state index is 13.6. The molecule has 0 aliphatic carbocycles. The molecule has 5 rings (SSSR count). The van der Waals surface area contributed by atoms with Crippen molar-refractivity contribution in [2.24, 2.45) is 0 Å². The van der Waals surface area contributed by atoms with Gasteiger partial charge in [0.05, 0.1) is 12.2 Å². The van der Waals surface area contributed by atoms with Gasteiger partial charge in [0, 0.05) is 26.9 Å². The molecule has 51 heavy (non-hydrogen) atoms. The Hall–Kier alpha value is -5.64. The second kappa shape index (κ2) is 18.4. The second-order valence-electron chi connectivity index (χ2n) is 11.3. The first-order valence-electron chi connectivity index (χ1n) is 16.3. The van der Waals surface area contributed by atoms with Crippen LogP contribution in [0.1, 0.15) is 56.9 Å². The van der Waals surface area contributed by atoms with Crippen LogP contribution in [0.4, 0.5) is 11.4 Å². The molecule has 0 aliphatic rings. The molecule has 5 aromatic rings. The molecule has 8 nitrogen and oxygen atoms in total. The fourth-order valence-corrected chi connectivity index (χ4v) is 6.05. The molecule has 0 aliphatic heterocycles. The largest absolute Gasteiger partial charge is 0.462 e. The number of carbonyl (C=O) groups is 4. The van der Waals surface area contributed by atoms with Gasteiger partial charge in [-0.3, -0.25) is 14.4 Å². The molecule has 0 saturated heterocycles. The van der Waals surface area contributed by atoms with Gasteiger partial charge < -0.3 is 20.7 Å². The van der Waals surface area contributed by atoms with E-state index in [2.05, 4.69) is 16.0 Å². The van der Waals surface area contributed by atoms with Crippen LogP contribution in [0.5, 0.6) is 0 Å². The average Bonchev–Trinajstić information content (AvgIpc) is 3.16. The maximum Gasteiger partial charge on any atom is 0.338 e. The van der Waals surface area contributed by atoms with Gasteiger partial charge in [0.15, 0.2) is 0 Å². The molecule has 0 heterocycles. The van der Waals surface area contributed by atoms with Gasteiger partial charge in [-0.15, -0.1) is 11.8 Å². The highest BCUT2D eigenvalue weighted by Gasteiger charge is 2.23. The Morgan fingerprint density at radius 1 is 0.725 bits per heavy atom. The van der Waals surface area contributed by atoms with Crippen molar-refractivity contribution in [3.63, 3.8) is 0 Å². The van der Waals surface area contributed by atoms with E-state index in [-0.39, 0.29) is 11.6 Å². The van der Waals surface area contributed by atoms with Crippen LogP contribution in [-0.2, 0) is 14.3 Å². The van der Waals surface area contributed by atoms with Gasteiger partial charge >= 0.3 is 5.97 Å². The van der Waals surface area contributed by atoms with E-state index in [1.165, 1.54) is 17.8 Å². The smallest absolute Gasteiger partial charge is 0.338 e. The lowest BCUT2D eigenvalue weighted by molar-refractivity contribution is -0.116. The van der Waals surface area contributed by atoms with Crippen molar-refractivity contribution >= 4 is 64.5 Å². The lowest BCUT2D eigenvalue weighted by atomic mass is 10.1. The van der Waals surface area contributed by atoms with Crippen LogP contribution in [0.2, 0.25) is 5.02 Å². The first-order valence-corrected chi connectivity index (χ1v) is 17.6. The molecule has 3 amide bonds. The van der Waals surface area contributed by atoms with E-state index in [4.69, 9.17) is 16.3 Å². The van der Waals surface area contributed by atoms with Gasteiger partial charge in [-0.05, 0) is 90.4 Å². The normalized spacial score (nSPS) is 11.6. The van der Waals surface area contributed by atoms with Gasteiger partial charge in [-0.2, -0.15) is 0 Å². The summed E-state index contributed by atoms with van der Waals surface area (Å²) in [6.07, 6.45) is 3.26. The van der Waals surface area contributed by atoms with Crippen molar-refractivity contribution in [3.05, 3.63) is 166 Å². The van der Waals surface area contributed by atoms with Gasteiger partial charge in [0.1, 0.15) is 10.9 Å². The highest BCUT2D eigenvalue weighted by Crippen LogP contribution is 2.37. The summed E-state index contributed by atoms with van der Waals surface area (Å²) in [7, 11) is 0. The van der Waals surface area contributed by atoms with Gasteiger partial charge in [-0.1, -0.05) is 91.7 Å². The molecule has 0 fully saturated rings. The van der Waals surface area contributed by atoms with E-state index in [9.17, 15) is 19.2 Å². The summed E-state index contributed by atoms with van der Waals surface area (Å²) in [6.45, 7) is 2.39. The molecule has 5 aromatic carbocycles. The highest BCUT2D eigenvalue weighted by molar-refractivity contribution is 8.00. The van der Waals surface area contributed by atoms with Crippen molar-refractivity contribution in [2.75, 3.05) is 17.2 Å². The fourth-order valence-electron chi connectivity index (χ4n) is 4.83. The van der Waals surface area contributed by atoms with Crippen LogP contribution < -0.4 is 16.0 Å². The van der Waals surface area contributed by atoms with Crippen molar-refractivity contribution < 1.29 is 23.9 Å². The summed E-state index contributed by atoms with van der Waals surface area (Å²) >= 11 is 7.71. The predicted octanol–water partition coefficient (Wildman–Crippen LogP) is 9.18. The van der Waals surface area contributed by atoms with Crippen molar-refractivity contribution in [1.29, 1.82) is 0 Å². The predicted molar refractivity (Wildman–Crippen MR) is 204 cm³/mol. The molecule has 1 unspecified atom stereocenters. The summed E-state index contributed by atoms with van der Waals surface area (Å²) < 4.78 is 5.28. The first-order chi connectivity index (χ1) is 24.8. The molecule has 0 spiro atoms. The summed E-state index contributed by atoms with van der Waals surface area (Å²) in [4.78, 5) is 53.2. The Balaban J connectivity index is 1.28. The number of anilines is 2. The van der Waals surface area contributed by atoms with E-state index in [1.807, 2.05) is 49.4 Å². The molecule has 0 aromatic heterocycles. The van der Waals surface area contributed by atoms with Crippen molar-refractivity contribution in [2.45, 2.75) is 29.9 Å². The van der Waals surface area contributed by atoms with E-state index in [1.54, 1.807) is 91.0 Å². The molecule has 3 N–H and O–H groups in total. The van der Waals surface area contributed by atoms with E-state index >= 15 is 0 Å². The topological polar surface area (TPSA) is 114 Å².